The molecule has 33 heavy (non-hydrogen) atoms. The molecule has 0 amide bonds. The van der Waals surface area contributed by atoms with Crippen LogP contribution in [0.15, 0.2) is 57.7 Å². The number of hydrogen-bond donors (Lipinski definition) is 0. The molecule has 0 saturated carbocycles. The van der Waals surface area contributed by atoms with Crippen LogP contribution in [0.4, 0.5) is 0 Å². The fraction of sp³-hybridized carbons (Fsp3) is 0.407. The first kappa shape index (κ1) is 23.1. The molecule has 0 bridgehead atoms. The molecule has 3 aromatic rings. The molecule has 2 aromatic carbocycles. The number of esters is 1. The maximum absolute atomic E-state index is 12.6. The van der Waals surface area contributed by atoms with Crippen LogP contribution in [0, 0.1) is 6.92 Å². The van der Waals surface area contributed by atoms with Gasteiger partial charge in [-0.25, -0.2) is 0 Å². The number of rotatable bonds is 9. The smallest absolute Gasteiger partial charge is 0.323 e. The van der Waals surface area contributed by atoms with Crippen molar-refractivity contribution in [3.05, 3.63) is 64.3 Å². The van der Waals surface area contributed by atoms with Gasteiger partial charge < -0.3 is 13.9 Å². The summed E-state index contributed by atoms with van der Waals surface area (Å²) in [6, 6.07) is 14.7. The Morgan fingerprint density at radius 2 is 1.94 bits per heavy atom. The van der Waals surface area contributed by atoms with Gasteiger partial charge in [-0.05, 0) is 64.3 Å². The number of fused-ring (bicyclic) bond motifs is 1. The van der Waals surface area contributed by atoms with Crippen LogP contribution < -0.4 is 10.2 Å². The Balaban J connectivity index is 1.34. The van der Waals surface area contributed by atoms with Crippen molar-refractivity contribution in [2.75, 3.05) is 26.8 Å². The molecule has 0 aliphatic carbocycles. The van der Waals surface area contributed by atoms with Crippen LogP contribution in [-0.2, 0) is 9.53 Å². The summed E-state index contributed by atoms with van der Waals surface area (Å²) in [7, 11) is 1.46. The third-order valence-corrected chi connectivity index (χ3v) is 6.34. The first-order valence-electron chi connectivity index (χ1n) is 11.7. The average Bonchev–Trinajstić information content (AvgIpc) is 3.31. The summed E-state index contributed by atoms with van der Waals surface area (Å²) < 4.78 is 17.1. The summed E-state index contributed by atoms with van der Waals surface area (Å²) in [6.07, 6.45) is 4.89. The number of likely N-dealkylation sites (tertiary alicyclic amines) is 1. The van der Waals surface area contributed by atoms with E-state index in [1.807, 2.05) is 43.3 Å². The van der Waals surface area contributed by atoms with E-state index >= 15 is 0 Å². The highest BCUT2D eigenvalue weighted by Gasteiger charge is 2.30. The number of carbonyl (C=O) groups is 1. The van der Waals surface area contributed by atoms with Crippen LogP contribution in [0.5, 0.6) is 5.75 Å². The van der Waals surface area contributed by atoms with Gasteiger partial charge in [0.2, 0.25) is 0 Å². The molecule has 1 fully saturated rings. The Hall–Kier alpha value is -3.12. The van der Waals surface area contributed by atoms with Crippen molar-refractivity contribution in [1.82, 2.24) is 4.90 Å². The minimum absolute atomic E-state index is 0.0584. The zero-order valence-electron chi connectivity index (χ0n) is 19.3. The van der Waals surface area contributed by atoms with Crippen molar-refractivity contribution >= 4 is 16.9 Å². The van der Waals surface area contributed by atoms with Gasteiger partial charge in [-0.1, -0.05) is 30.3 Å². The highest BCUT2D eigenvalue weighted by molar-refractivity contribution is 5.83. The summed E-state index contributed by atoms with van der Waals surface area (Å²) >= 11 is 0. The molecule has 174 valence electrons. The highest BCUT2D eigenvalue weighted by atomic mass is 16.5. The molecule has 0 unspecified atom stereocenters. The second-order valence-electron chi connectivity index (χ2n) is 8.53. The zero-order valence-corrected chi connectivity index (χ0v) is 19.3. The highest BCUT2D eigenvalue weighted by Crippen LogP contribution is 2.29. The standard InChI is InChI=1S/C27H31NO5/c1-19-24(32-17-8-4-7-15-28-16-9-12-22(28)27(30)31-2)14-13-21-23(29)18-25(33-26(19)21)20-10-5-3-6-11-20/h3,5-6,10-11,13-14,18,22H,4,7-9,12,15-17H2,1-2H3/t22-/m0/s1. The molecular formula is C27H31NO5. The van der Waals surface area contributed by atoms with E-state index in [9.17, 15) is 9.59 Å². The molecular weight excluding hydrogens is 418 g/mol. The van der Waals surface area contributed by atoms with E-state index in [1.54, 1.807) is 12.1 Å². The second-order valence-corrected chi connectivity index (χ2v) is 8.53. The van der Waals surface area contributed by atoms with Gasteiger partial charge >= 0.3 is 5.97 Å². The maximum Gasteiger partial charge on any atom is 0.323 e. The topological polar surface area (TPSA) is 69.0 Å². The van der Waals surface area contributed by atoms with Crippen molar-refractivity contribution < 1.29 is 18.7 Å². The molecule has 0 spiro atoms. The van der Waals surface area contributed by atoms with E-state index < -0.39 is 0 Å². The summed E-state index contributed by atoms with van der Waals surface area (Å²) in [5.74, 6) is 1.17. The summed E-state index contributed by atoms with van der Waals surface area (Å²) in [4.78, 5) is 26.7. The predicted octanol–water partition coefficient (Wildman–Crippen LogP) is 4.95. The summed E-state index contributed by atoms with van der Waals surface area (Å²) in [5.41, 5.74) is 2.22. The van der Waals surface area contributed by atoms with Crippen LogP contribution in [0.25, 0.3) is 22.3 Å². The number of nitrogens with zero attached hydrogens (tertiary/aromatic N) is 1. The Bertz CT molecular complexity index is 1150. The molecule has 1 saturated heterocycles. The van der Waals surface area contributed by atoms with Crippen molar-refractivity contribution in [2.24, 2.45) is 0 Å². The number of hydrogen-bond acceptors (Lipinski definition) is 6. The Labute approximate surface area is 194 Å². The van der Waals surface area contributed by atoms with Crippen molar-refractivity contribution in [2.45, 2.75) is 45.1 Å². The normalized spacial score (nSPS) is 16.2. The minimum Gasteiger partial charge on any atom is -0.493 e. The van der Waals surface area contributed by atoms with Crippen molar-refractivity contribution in [3.8, 4) is 17.1 Å². The number of methoxy groups -OCH3 is 1. The number of unbranched alkanes of at least 4 members (excludes halogenated alkanes) is 2. The quantitative estimate of drug-likeness (QED) is 0.340. The van der Waals surface area contributed by atoms with Crippen LogP contribution >= 0.6 is 0 Å². The Morgan fingerprint density at radius 3 is 2.73 bits per heavy atom. The Kier molecular flexibility index (Phi) is 7.45. The SMILES string of the molecule is COC(=O)[C@@H]1CCCN1CCCCCOc1ccc2c(=O)cc(-c3ccccc3)oc2c1C. The van der Waals surface area contributed by atoms with Gasteiger partial charge in [-0.15, -0.1) is 0 Å². The van der Waals surface area contributed by atoms with E-state index in [1.165, 1.54) is 7.11 Å². The lowest BCUT2D eigenvalue weighted by atomic mass is 10.1. The molecule has 0 radical (unpaired) electrons. The number of benzene rings is 2. The van der Waals surface area contributed by atoms with Crippen LogP contribution in [0.2, 0.25) is 0 Å². The van der Waals surface area contributed by atoms with E-state index in [0.717, 1.165) is 62.1 Å². The average molecular weight is 450 g/mol. The van der Waals surface area contributed by atoms with Crippen LogP contribution in [0.3, 0.4) is 0 Å². The summed E-state index contributed by atoms with van der Waals surface area (Å²) in [5, 5.41) is 0.560. The van der Waals surface area contributed by atoms with Gasteiger partial charge in [0.05, 0.1) is 19.1 Å². The van der Waals surface area contributed by atoms with Crippen molar-refractivity contribution in [3.63, 3.8) is 0 Å². The number of aryl methyl sites for hydroxylation is 1. The monoisotopic (exact) mass is 449 g/mol. The maximum atomic E-state index is 12.6. The lowest BCUT2D eigenvalue weighted by Crippen LogP contribution is -2.37. The molecule has 4 rings (SSSR count). The molecule has 1 atom stereocenters. The van der Waals surface area contributed by atoms with Crippen molar-refractivity contribution in [1.29, 1.82) is 0 Å². The van der Waals surface area contributed by atoms with Gasteiger partial charge in [-0.2, -0.15) is 0 Å². The predicted molar refractivity (Wildman–Crippen MR) is 129 cm³/mol. The Morgan fingerprint density at radius 1 is 1.12 bits per heavy atom. The van der Waals surface area contributed by atoms with Crippen LogP contribution in [-0.4, -0.2) is 43.7 Å². The molecule has 2 heterocycles. The van der Waals surface area contributed by atoms with E-state index in [2.05, 4.69) is 4.90 Å². The minimum atomic E-state index is -0.121. The van der Waals surface area contributed by atoms with Gasteiger partial charge in [0.15, 0.2) is 5.43 Å². The fourth-order valence-electron chi connectivity index (χ4n) is 4.51. The summed E-state index contributed by atoms with van der Waals surface area (Å²) in [6.45, 7) is 4.38. The molecule has 6 heteroatoms. The van der Waals surface area contributed by atoms with Crippen LogP contribution in [0.1, 0.15) is 37.7 Å². The second kappa shape index (κ2) is 10.7. The third kappa shape index (κ3) is 5.28. The van der Waals surface area contributed by atoms with E-state index in [4.69, 9.17) is 13.9 Å². The molecule has 1 aliphatic heterocycles. The number of carbonyl (C=O) groups excluding carboxylic acids is 1. The molecule has 1 aromatic heterocycles. The molecule has 6 nitrogen and oxygen atoms in total. The van der Waals surface area contributed by atoms with E-state index in [0.29, 0.717) is 23.3 Å². The lowest BCUT2D eigenvalue weighted by molar-refractivity contribution is -0.145. The number of ether oxygens (including phenoxy) is 2. The zero-order chi connectivity index (χ0) is 23.2. The van der Waals surface area contributed by atoms with Gasteiger partial charge in [0.25, 0.3) is 0 Å². The largest absolute Gasteiger partial charge is 0.493 e. The first-order valence-corrected chi connectivity index (χ1v) is 11.7. The molecule has 0 N–H and O–H groups in total. The first-order chi connectivity index (χ1) is 16.1. The molecule has 1 aliphatic rings. The third-order valence-electron chi connectivity index (χ3n) is 6.34. The van der Waals surface area contributed by atoms with Gasteiger partial charge in [0, 0.05) is 17.2 Å². The van der Waals surface area contributed by atoms with E-state index in [-0.39, 0.29) is 17.4 Å². The van der Waals surface area contributed by atoms with Gasteiger partial charge in [0.1, 0.15) is 23.1 Å². The van der Waals surface area contributed by atoms with Gasteiger partial charge in [-0.3, -0.25) is 14.5 Å². The fourth-order valence-corrected chi connectivity index (χ4v) is 4.51. The lowest BCUT2D eigenvalue weighted by Gasteiger charge is -2.22.